The average Bonchev–Trinajstić information content (AvgIpc) is 3.12. The van der Waals surface area contributed by atoms with E-state index in [0.29, 0.717) is 0 Å². The second-order valence-corrected chi connectivity index (χ2v) is 8.58. The van der Waals surface area contributed by atoms with Gasteiger partial charge >= 0.3 is 0 Å². The number of hydrogen-bond acceptors (Lipinski definition) is 0. The maximum atomic E-state index is 3.94. The molecule has 0 saturated carbocycles. The first kappa shape index (κ1) is 19.9. The van der Waals surface area contributed by atoms with Crippen LogP contribution >= 0.6 is 7.92 Å². The summed E-state index contributed by atoms with van der Waals surface area (Å²) in [7, 11) is -0.697. The molecule has 0 radical (unpaired) electrons. The summed E-state index contributed by atoms with van der Waals surface area (Å²) in [6.07, 6.45) is 17.1. The summed E-state index contributed by atoms with van der Waals surface area (Å²) in [5.41, 5.74) is 2.37. The fraction of sp³-hybridized carbons (Fsp3) is 0.0769. The van der Waals surface area contributed by atoms with Crippen molar-refractivity contribution in [2.45, 2.75) is 13.8 Å². The lowest BCUT2D eigenvalue weighted by Crippen LogP contribution is -2.02. The maximum absolute atomic E-state index is 3.94. The molecule has 0 aliphatic rings. The van der Waals surface area contributed by atoms with Crippen molar-refractivity contribution in [3.8, 4) is 0 Å². The van der Waals surface area contributed by atoms with Crippen LogP contribution in [0.3, 0.4) is 0 Å². The molecule has 0 fully saturated rings. The first-order chi connectivity index (χ1) is 13.8. The zero-order valence-electron chi connectivity index (χ0n) is 16.5. The zero-order valence-corrected chi connectivity index (χ0v) is 17.4. The van der Waals surface area contributed by atoms with Gasteiger partial charge in [0.2, 0.25) is 0 Å². The molecule has 2 heteroatoms. The van der Waals surface area contributed by atoms with Crippen molar-refractivity contribution in [1.82, 2.24) is 4.98 Å². The third-order valence-electron chi connectivity index (χ3n) is 4.42. The second kappa shape index (κ2) is 9.88. The third kappa shape index (κ3) is 4.50. The fourth-order valence-corrected chi connectivity index (χ4v) is 5.73. The molecule has 1 heterocycles. The molecule has 0 spiro atoms. The number of hydrogen-bond donors (Lipinski definition) is 1. The largest absolute Gasteiger partial charge is 0.361 e. The van der Waals surface area contributed by atoms with E-state index in [1.807, 2.05) is 6.08 Å². The number of nitrogens with one attached hydrogen (secondary N) is 1. The Morgan fingerprint density at radius 1 is 0.893 bits per heavy atom. The van der Waals surface area contributed by atoms with E-state index >= 15 is 0 Å². The normalized spacial score (nSPS) is 14.2. The highest BCUT2D eigenvalue weighted by Gasteiger charge is 2.18. The van der Waals surface area contributed by atoms with E-state index in [2.05, 4.69) is 123 Å². The van der Waals surface area contributed by atoms with Gasteiger partial charge in [0.05, 0.1) is 0 Å². The maximum Gasteiger partial charge on any atom is 0.0460 e. The Kier molecular flexibility index (Phi) is 7.00. The Morgan fingerprint density at radius 3 is 2.29 bits per heavy atom. The molecule has 0 bridgehead atoms. The molecular weight excluding hydrogens is 357 g/mol. The lowest BCUT2D eigenvalue weighted by molar-refractivity contribution is 1.47. The highest BCUT2D eigenvalue weighted by atomic mass is 31.1. The smallest absolute Gasteiger partial charge is 0.0460 e. The molecule has 0 aliphatic heterocycles. The van der Waals surface area contributed by atoms with Gasteiger partial charge in [0.1, 0.15) is 0 Å². The average molecular weight is 383 g/mol. The summed E-state index contributed by atoms with van der Waals surface area (Å²) in [4.78, 5) is 3.39. The van der Waals surface area contributed by atoms with E-state index in [-0.39, 0.29) is 0 Å². The number of para-hydroxylation sites is 1. The molecule has 2 aromatic carbocycles. The van der Waals surface area contributed by atoms with Crippen LogP contribution in [-0.2, 0) is 0 Å². The van der Waals surface area contributed by atoms with Crippen molar-refractivity contribution in [3.05, 3.63) is 120 Å². The number of benzene rings is 2. The molecule has 1 nitrogen and oxygen atoms in total. The van der Waals surface area contributed by atoms with Crippen molar-refractivity contribution < 1.29 is 0 Å². The molecule has 28 heavy (non-hydrogen) atoms. The van der Waals surface area contributed by atoms with Gasteiger partial charge in [0, 0.05) is 22.7 Å². The van der Waals surface area contributed by atoms with E-state index < -0.39 is 7.92 Å². The zero-order chi connectivity index (χ0) is 19.8. The standard InChI is InChI=1S/C26H26NP/c1-4-12-22(13-5-2)28(23-15-8-7-9-16-23)24(14-6-3)19-21-20-27-26-18-11-10-17-25(21)26/h4-20,27H,1H2,2-3H3/b13-5-,14-6-,22-12+,24-19+. The predicted molar refractivity (Wildman–Crippen MR) is 127 cm³/mol. The van der Waals surface area contributed by atoms with E-state index in [9.17, 15) is 0 Å². The van der Waals surface area contributed by atoms with Crippen LogP contribution in [0.1, 0.15) is 19.4 Å². The van der Waals surface area contributed by atoms with Crippen molar-refractivity contribution in [1.29, 1.82) is 0 Å². The highest BCUT2D eigenvalue weighted by molar-refractivity contribution is 7.74. The Morgan fingerprint density at radius 2 is 1.57 bits per heavy atom. The summed E-state index contributed by atoms with van der Waals surface area (Å²) in [5, 5.41) is 5.16. The third-order valence-corrected chi connectivity index (χ3v) is 6.84. The van der Waals surface area contributed by atoms with Crippen molar-refractivity contribution in [2.24, 2.45) is 0 Å². The van der Waals surface area contributed by atoms with E-state index in [4.69, 9.17) is 0 Å². The lowest BCUT2D eigenvalue weighted by Gasteiger charge is -2.21. The molecule has 3 rings (SSSR count). The van der Waals surface area contributed by atoms with Gasteiger partial charge in [0.15, 0.2) is 0 Å². The quantitative estimate of drug-likeness (QED) is 0.320. The molecule has 1 atom stereocenters. The molecule has 1 N–H and O–H groups in total. The van der Waals surface area contributed by atoms with Crippen LogP contribution < -0.4 is 5.30 Å². The summed E-state index contributed by atoms with van der Waals surface area (Å²) in [5.74, 6) is 0. The highest BCUT2D eigenvalue weighted by Crippen LogP contribution is 2.53. The number of rotatable bonds is 7. The number of fused-ring (bicyclic) bond motifs is 1. The van der Waals surface area contributed by atoms with Crippen LogP contribution in [0.5, 0.6) is 0 Å². The van der Waals surface area contributed by atoms with Gasteiger partial charge in [-0.3, -0.25) is 0 Å². The van der Waals surface area contributed by atoms with Gasteiger partial charge < -0.3 is 4.98 Å². The SMILES string of the molecule is C=C/C=C(\C=C/C)P(C(/C=C\C)=C/c1c[nH]c2ccccc12)c1ccccc1. The van der Waals surface area contributed by atoms with E-state index in [1.54, 1.807) is 0 Å². The Labute approximate surface area is 169 Å². The monoisotopic (exact) mass is 383 g/mol. The van der Waals surface area contributed by atoms with Gasteiger partial charge in [0.25, 0.3) is 0 Å². The van der Waals surface area contributed by atoms with Crippen LogP contribution in [-0.4, -0.2) is 4.98 Å². The molecule has 140 valence electrons. The van der Waals surface area contributed by atoms with Gasteiger partial charge in [-0.2, -0.15) is 0 Å². The molecule has 1 aromatic heterocycles. The number of allylic oxidation sites excluding steroid dienone is 8. The van der Waals surface area contributed by atoms with Gasteiger partial charge in [-0.25, -0.2) is 0 Å². The van der Waals surface area contributed by atoms with Crippen LogP contribution in [0.4, 0.5) is 0 Å². The van der Waals surface area contributed by atoms with Crippen molar-refractivity contribution in [3.63, 3.8) is 0 Å². The van der Waals surface area contributed by atoms with Crippen LogP contribution in [0, 0.1) is 0 Å². The molecule has 0 saturated heterocycles. The summed E-state index contributed by atoms with van der Waals surface area (Å²) in [6, 6.07) is 19.2. The van der Waals surface area contributed by atoms with E-state index in [1.165, 1.54) is 26.9 Å². The first-order valence-corrected chi connectivity index (χ1v) is 10.8. The van der Waals surface area contributed by atoms with Gasteiger partial charge in [-0.1, -0.05) is 91.6 Å². The fourth-order valence-electron chi connectivity index (χ4n) is 3.25. The molecule has 0 amide bonds. The van der Waals surface area contributed by atoms with Gasteiger partial charge in [-0.05, 0) is 49.8 Å². The van der Waals surface area contributed by atoms with Crippen molar-refractivity contribution in [2.75, 3.05) is 0 Å². The minimum absolute atomic E-state index is 0.697. The summed E-state index contributed by atoms with van der Waals surface area (Å²) >= 11 is 0. The summed E-state index contributed by atoms with van der Waals surface area (Å²) in [6.45, 7) is 8.08. The Hall–Kier alpha value is -2.89. The lowest BCUT2D eigenvalue weighted by atomic mass is 10.1. The molecule has 3 aromatic rings. The topological polar surface area (TPSA) is 15.8 Å². The first-order valence-electron chi connectivity index (χ1n) is 9.49. The number of aromatic nitrogens is 1. The predicted octanol–water partition coefficient (Wildman–Crippen LogP) is 7.54. The second-order valence-electron chi connectivity index (χ2n) is 6.36. The number of H-pyrrole nitrogens is 1. The number of aromatic amines is 1. The Balaban J connectivity index is 2.21. The van der Waals surface area contributed by atoms with Crippen molar-refractivity contribution >= 4 is 30.2 Å². The Bertz CT molecular complexity index is 1050. The molecular formula is C26H26NP. The van der Waals surface area contributed by atoms with Crippen LogP contribution in [0.15, 0.2) is 114 Å². The van der Waals surface area contributed by atoms with E-state index in [0.717, 1.165) is 5.52 Å². The van der Waals surface area contributed by atoms with Crippen LogP contribution in [0.2, 0.25) is 0 Å². The minimum Gasteiger partial charge on any atom is -0.361 e. The minimum atomic E-state index is -0.697. The van der Waals surface area contributed by atoms with Crippen LogP contribution in [0.25, 0.3) is 17.0 Å². The molecule has 1 unspecified atom stereocenters. The summed E-state index contributed by atoms with van der Waals surface area (Å²) < 4.78 is 0. The molecule has 0 aliphatic carbocycles. The van der Waals surface area contributed by atoms with Gasteiger partial charge in [-0.15, -0.1) is 0 Å².